The number of nitrogens with zero attached hydrogens (tertiary/aromatic N) is 2. The molecule has 144 valence electrons. The highest BCUT2D eigenvalue weighted by Gasteiger charge is 2.13. The second-order valence-electron chi connectivity index (χ2n) is 6.34. The molecule has 7 heteroatoms. The van der Waals surface area contributed by atoms with Crippen LogP contribution < -0.4 is 10.6 Å². The van der Waals surface area contributed by atoms with E-state index < -0.39 is 0 Å². The van der Waals surface area contributed by atoms with Crippen molar-refractivity contribution in [1.29, 1.82) is 0 Å². The van der Waals surface area contributed by atoms with Crippen molar-refractivity contribution in [3.63, 3.8) is 0 Å². The Morgan fingerprint density at radius 2 is 1.61 bits per heavy atom. The third kappa shape index (κ3) is 5.09. The van der Waals surface area contributed by atoms with Gasteiger partial charge in [-0.2, -0.15) is 0 Å². The molecule has 0 unspecified atom stereocenters. The maximum atomic E-state index is 12.4. The lowest BCUT2D eigenvalue weighted by molar-refractivity contribution is -0.119. The third-order valence-electron chi connectivity index (χ3n) is 4.13. The molecule has 0 fully saturated rings. The number of nitrogens with one attached hydrogen (secondary N) is 2. The molecule has 2 amide bonds. The Kier molecular flexibility index (Phi) is 6.62. The van der Waals surface area contributed by atoms with Crippen molar-refractivity contribution in [2.24, 2.45) is 0 Å². The number of carbonyl (C=O) groups is 2. The topological polar surface area (TPSA) is 74.3 Å². The fraction of sp³-hybridized carbons (Fsp3) is 0.190. The molecule has 1 aromatic heterocycles. The number of fused-ring (bicyclic) bond motifs is 1. The Bertz CT molecular complexity index is 988. The van der Waals surface area contributed by atoms with Crippen LogP contribution in [0.25, 0.3) is 10.9 Å². The van der Waals surface area contributed by atoms with Gasteiger partial charge < -0.3 is 10.6 Å². The Morgan fingerprint density at radius 1 is 0.929 bits per heavy atom. The van der Waals surface area contributed by atoms with Gasteiger partial charge in [0.2, 0.25) is 11.8 Å². The summed E-state index contributed by atoms with van der Waals surface area (Å²) in [6.45, 7) is 0.224. The average molecular weight is 394 g/mol. The summed E-state index contributed by atoms with van der Waals surface area (Å²) in [6, 6.07) is 17.0. The zero-order chi connectivity index (χ0) is 19.9. The van der Waals surface area contributed by atoms with Gasteiger partial charge in [-0.1, -0.05) is 18.2 Å². The molecule has 0 aliphatic carbocycles. The number of aromatic nitrogens is 1. The molecule has 6 nitrogen and oxygen atoms in total. The van der Waals surface area contributed by atoms with E-state index in [0.29, 0.717) is 5.69 Å². The number of hydrogen-bond acceptors (Lipinski definition) is 5. The van der Waals surface area contributed by atoms with Gasteiger partial charge in [-0.3, -0.25) is 19.5 Å². The molecule has 28 heavy (non-hydrogen) atoms. The molecule has 3 aromatic rings. The van der Waals surface area contributed by atoms with Crippen molar-refractivity contribution in [3.05, 3.63) is 60.8 Å². The van der Waals surface area contributed by atoms with Crippen LogP contribution in [0.5, 0.6) is 0 Å². The normalized spacial score (nSPS) is 10.8. The summed E-state index contributed by atoms with van der Waals surface area (Å²) in [4.78, 5) is 31.7. The Balaban J connectivity index is 1.56. The Labute approximate surface area is 168 Å². The van der Waals surface area contributed by atoms with Crippen molar-refractivity contribution in [3.8, 4) is 0 Å². The number of para-hydroxylation sites is 1. The van der Waals surface area contributed by atoms with E-state index in [2.05, 4.69) is 15.6 Å². The monoisotopic (exact) mass is 394 g/mol. The van der Waals surface area contributed by atoms with Crippen LogP contribution in [0, 0.1) is 0 Å². The minimum Gasteiger partial charge on any atom is -0.324 e. The lowest BCUT2D eigenvalue weighted by atomic mass is 10.2. The van der Waals surface area contributed by atoms with Crippen LogP contribution in [0.3, 0.4) is 0 Å². The van der Waals surface area contributed by atoms with Gasteiger partial charge in [0.15, 0.2) is 0 Å². The standard InChI is InChI=1S/C21H22N4O2S/c1-25(14-21(27)24-18-8-3-4-11-19(18)28-2)13-20(26)23-17-10-5-9-16-15(17)7-6-12-22-16/h3-12H,13-14H2,1-2H3,(H,23,26)(H,24,27). The predicted octanol–water partition coefficient (Wildman–Crippen LogP) is 3.47. The van der Waals surface area contributed by atoms with E-state index in [1.54, 1.807) is 29.9 Å². The third-order valence-corrected chi connectivity index (χ3v) is 4.92. The summed E-state index contributed by atoms with van der Waals surface area (Å²) in [5.74, 6) is -0.345. The minimum atomic E-state index is -0.184. The van der Waals surface area contributed by atoms with Crippen LogP contribution in [-0.4, -0.2) is 48.1 Å². The van der Waals surface area contributed by atoms with Gasteiger partial charge >= 0.3 is 0 Å². The van der Waals surface area contributed by atoms with E-state index in [9.17, 15) is 9.59 Å². The first-order valence-electron chi connectivity index (χ1n) is 8.82. The quantitative estimate of drug-likeness (QED) is 0.600. The largest absolute Gasteiger partial charge is 0.324 e. The highest BCUT2D eigenvalue weighted by Crippen LogP contribution is 2.24. The smallest absolute Gasteiger partial charge is 0.238 e. The van der Waals surface area contributed by atoms with Crippen LogP contribution in [0.2, 0.25) is 0 Å². The van der Waals surface area contributed by atoms with Crippen molar-refractivity contribution in [1.82, 2.24) is 9.88 Å². The van der Waals surface area contributed by atoms with Crippen LogP contribution in [0.15, 0.2) is 65.7 Å². The minimum absolute atomic E-state index is 0.105. The van der Waals surface area contributed by atoms with Crippen LogP contribution in [0.1, 0.15) is 0 Å². The van der Waals surface area contributed by atoms with E-state index in [-0.39, 0.29) is 24.9 Å². The Morgan fingerprint density at radius 3 is 2.36 bits per heavy atom. The van der Waals surface area contributed by atoms with Crippen molar-refractivity contribution < 1.29 is 9.59 Å². The highest BCUT2D eigenvalue weighted by molar-refractivity contribution is 7.98. The summed E-state index contributed by atoms with van der Waals surface area (Å²) in [5, 5.41) is 6.68. The summed E-state index contributed by atoms with van der Waals surface area (Å²) >= 11 is 1.57. The molecule has 0 radical (unpaired) electrons. The molecule has 0 aliphatic heterocycles. The lowest BCUT2D eigenvalue weighted by Crippen LogP contribution is -2.36. The second kappa shape index (κ2) is 9.34. The van der Waals surface area contributed by atoms with E-state index in [4.69, 9.17) is 0 Å². The summed E-state index contributed by atoms with van der Waals surface area (Å²) < 4.78 is 0. The number of benzene rings is 2. The SMILES string of the molecule is CSc1ccccc1NC(=O)CN(C)CC(=O)Nc1cccc2ncccc12. The summed E-state index contributed by atoms with van der Waals surface area (Å²) in [6.07, 6.45) is 3.68. The van der Waals surface area contributed by atoms with Crippen LogP contribution in [-0.2, 0) is 9.59 Å². The molecule has 2 N–H and O–H groups in total. The number of anilines is 2. The van der Waals surface area contributed by atoms with Crippen molar-refractivity contribution in [2.75, 3.05) is 37.0 Å². The van der Waals surface area contributed by atoms with Gasteiger partial charge in [0, 0.05) is 16.5 Å². The molecule has 1 heterocycles. The van der Waals surface area contributed by atoms with Gasteiger partial charge in [-0.15, -0.1) is 11.8 Å². The molecule has 0 saturated heterocycles. The fourth-order valence-corrected chi connectivity index (χ4v) is 3.44. The number of likely N-dealkylation sites (N-methyl/N-ethyl adjacent to an activating group) is 1. The molecular formula is C21H22N4O2S. The predicted molar refractivity (Wildman–Crippen MR) is 115 cm³/mol. The number of carbonyl (C=O) groups excluding carboxylic acids is 2. The number of hydrogen-bond donors (Lipinski definition) is 2. The van der Waals surface area contributed by atoms with Crippen LogP contribution in [0.4, 0.5) is 11.4 Å². The molecule has 2 aromatic carbocycles. The van der Waals surface area contributed by atoms with E-state index in [1.165, 1.54) is 0 Å². The average Bonchev–Trinajstić information content (AvgIpc) is 2.68. The highest BCUT2D eigenvalue weighted by atomic mass is 32.2. The maximum Gasteiger partial charge on any atom is 0.238 e. The molecule has 0 atom stereocenters. The molecular weight excluding hydrogens is 372 g/mol. The Hall–Kier alpha value is -2.90. The van der Waals surface area contributed by atoms with Gasteiger partial charge in [-0.25, -0.2) is 0 Å². The summed E-state index contributed by atoms with van der Waals surface area (Å²) in [5.41, 5.74) is 2.31. The van der Waals surface area contributed by atoms with E-state index >= 15 is 0 Å². The maximum absolute atomic E-state index is 12.4. The van der Waals surface area contributed by atoms with Gasteiger partial charge in [-0.05, 0) is 49.7 Å². The van der Waals surface area contributed by atoms with Gasteiger partial charge in [0.1, 0.15) is 0 Å². The van der Waals surface area contributed by atoms with Gasteiger partial charge in [0.05, 0.1) is 30.0 Å². The lowest BCUT2D eigenvalue weighted by Gasteiger charge is -2.17. The number of amides is 2. The first-order valence-corrected chi connectivity index (χ1v) is 10.0. The van der Waals surface area contributed by atoms with E-state index in [1.807, 2.05) is 60.9 Å². The molecule has 0 spiro atoms. The van der Waals surface area contributed by atoms with Crippen molar-refractivity contribution >= 4 is 45.9 Å². The molecule has 3 rings (SSSR count). The number of pyridine rings is 1. The number of thioether (sulfide) groups is 1. The van der Waals surface area contributed by atoms with E-state index in [0.717, 1.165) is 21.5 Å². The fourth-order valence-electron chi connectivity index (χ4n) is 2.89. The first kappa shape index (κ1) is 19.9. The molecule has 0 bridgehead atoms. The van der Waals surface area contributed by atoms with Crippen LogP contribution >= 0.6 is 11.8 Å². The zero-order valence-electron chi connectivity index (χ0n) is 15.8. The van der Waals surface area contributed by atoms with Gasteiger partial charge in [0.25, 0.3) is 0 Å². The van der Waals surface area contributed by atoms with Crippen molar-refractivity contribution in [2.45, 2.75) is 4.90 Å². The zero-order valence-corrected chi connectivity index (χ0v) is 16.6. The number of rotatable bonds is 7. The molecule has 0 saturated carbocycles. The second-order valence-corrected chi connectivity index (χ2v) is 7.19. The first-order chi connectivity index (χ1) is 13.6. The molecule has 0 aliphatic rings. The summed E-state index contributed by atoms with van der Waals surface area (Å²) in [7, 11) is 1.74.